The van der Waals surface area contributed by atoms with Gasteiger partial charge in [0.15, 0.2) is 0 Å². The van der Waals surface area contributed by atoms with Crippen LogP contribution >= 0.6 is 0 Å². The lowest BCUT2D eigenvalue weighted by Crippen LogP contribution is -2.42. The van der Waals surface area contributed by atoms with E-state index in [4.69, 9.17) is 21.3 Å². The third-order valence-corrected chi connectivity index (χ3v) is 6.52. The van der Waals surface area contributed by atoms with Gasteiger partial charge in [-0.1, -0.05) is 12.1 Å². The van der Waals surface area contributed by atoms with E-state index in [1.807, 2.05) is 6.20 Å². The lowest BCUT2D eigenvalue weighted by atomic mass is 10.0. The summed E-state index contributed by atoms with van der Waals surface area (Å²) in [7, 11) is 1.17. The number of aromatic nitrogens is 3. The number of hydrogen-bond acceptors (Lipinski definition) is 10. The maximum atomic E-state index is 12.9. The third-order valence-electron chi connectivity index (χ3n) is 6.52. The average molecular weight is 576 g/mol. The molecular weight excluding hydrogens is 546 g/mol. The van der Waals surface area contributed by atoms with Gasteiger partial charge < -0.3 is 42.0 Å². The number of carboxylic acids is 1. The van der Waals surface area contributed by atoms with Gasteiger partial charge in [0.05, 0.1) is 12.5 Å². The standard InChI is InChI=1S/C28H29N7O7/c1-42-27(41)19(9-11-21(37)32-17-8-10-20(36)18(12-17)26(39)40)33-25(38)15-5-2-14(3-6-15)4-7-16-13-31-24-22(16)23(29)34-28(30)35-24/h2-3,5-6,8,10,12-13,19,36H,4,7,9,11H2,1H3,(H,32,37)(H,33,38)(H,39,40)(H5,29,30,31,34,35)/t19-/m0/s1. The molecule has 42 heavy (non-hydrogen) atoms. The van der Waals surface area contributed by atoms with Gasteiger partial charge in [0.2, 0.25) is 11.9 Å². The van der Waals surface area contributed by atoms with E-state index in [1.54, 1.807) is 24.3 Å². The Morgan fingerprint density at radius 3 is 2.48 bits per heavy atom. The predicted octanol–water partition coefficient (Wildman–Crippen LogP) is 2.00. The molecule has 0 saturated carbocycles. The number of amides is 2. The maximum absolute atomic E-state index is 12.9. The lowest BCUT2D eigenvalue weighted by Gasteiger charge is -2.17. The fourth-order valence-electron chi connectivity index (χ4n) is 4.36. The van der Waals surface area contributed by atoms with Gasteiger partial charge in [0, 0.05) is 23.9 Å². The number of aromatic carboxylic acids is 1. The fourth-order valence-corrected chi connectivity index (χ4v) is 4.36. The van der Waals surface area contributed by atoms with Crippen LogP contribution < -0.4 is 22.1 Å². The van der Waals surface area contributed by atoms with Gasteiger partial charge in [-0.15, -0.1) is 0 Å². The molecular formula is C28H29N7O7. The number of aromatic amines is 1. The Bertz CT molecular complexity index is 1650. The molecule has 4 aromatic rings. The summed E-state index contributed by atoms with van der Waals surface area (Å²) in [5, 5.41) is 24.6. The number of rotatable bonds is 11. The first-order chi connectivity index (χ1) is 20.0. The van der Waals surface area contributed by atoms with Crippen molar-refractivity contribution >= 4 is 52.2 Å². The number of aryl methyl sites for hydroxylation is 2. The van der Waals surface area contributed by atoms with E-state index in [-0.39, 0.29) is 30.0 Å². The summed E-state index contributed by atoms with van der Waals surface area (Å²) in [4.78, 5) is 60.0. The van der Waals surface area contributed by atoms with Crippen LogP contribution in [-0.2, 0) is 27.2 Å². The van der Waals surface area contributed by atoms with Crippen LogP contribution in [0, 0.1) is 0 Å². The molecule has 2 aromatic heterocycles. The number of phenols is 1. The van der Waals surface area contributed by atoms with E-state index in [0.717, 1.165) is 28.6 Å². The minimum Gasteiger partial charge on any atom is -0.507 e. The summed E-state index contributed by atoms with van der Waals surface area (Å²) in [5.41, 5.74) is 14.2. The van der Waals surface area contributed by atoms with Crippen LogP contribution in [0.2, 0.25) is 0 Å². The van der Waals surface area contributed by atoms with E-state index < -0.39 is 35.5 Å². The highest BCUT2D eigenvalue weighted by Gasteiger charge is 2.23. The Labute approximate surface area is 239 Å². The summed E-state index contributed by atoms with van der Waals surface area (Å²) < 4.78 is 4.78. The summed E-state index contributed by atoms with van der Waals surface area (Å²) >= 11 is 0. The molecule has 218 valence electrons. The zero-order chi connectivity index (χ0) is 30.4. The molecule has 0 spiro atoms. The molecule has 0 radical (unpaired) electrons. The van der Waals surface area contributed by atoms with Crippen molar-refractivity contribution in [1.29, 1.82) is 0 Å². The topological polar surface area (TPSA) is 236 Å². The number of fused-ring (bicyclic) bond motifs is 1. The number of anilines is 3. The lowest BCUT2D eigenvalue weighted by molar-refractivity contribution is -0.143. The zero-order valence-corrected chi connectivity index (χ0v) is 22.5. The maximum Gasteiger partial charge on any atom is 0.339 e. The number of H-pyrrole nitrogens is 1. The summed E-state index contributed by atoms with van der Waals surface area (Å²) in [5.74, 6) is -3.20. The molecule has 0 unspecified atom stereocenters. The second kappa shape index (κ2) is 12.7. The molecule has 0 saturated heterocycles. The number of hydrogen-bond donors (Lipinski definition) is 7. The summed E-state index contributed by atoms with van der Waals surface area (Å²) in [6.07, 6.45) is 2.83. The first kappa shape index (κ1) is 29.3. The summed E-state index contributed by atoms with van der Waals surface area (Å²) in [6, 6.07) is 9.34. The largest absolute Gasteiger partial charge is 0.507 e. The van der Waals surface area contributed by atoms with Crippen molar-refractivity contribution in [2.45, 2.75) is 31.7 Å². The quantitative estimate of drug-likeness (QED) is 0.101. The molecule has 4 rings (SSSR count). The Morgan fingerprint density at radius 2 is 1.79 bits per heavy atom. The molecule has 2 heterocycles. The van der Waals surface area contributed by atoms with Gasteiger partial charge in [-0.2, -0.15) is 9.97 Å². The van der Waals surface area contributed by atoms with Crippen molar-refractivity contribution in [2.24, 2.45) is 0 Å². The van der Waals surface area contributed by atoms with Crippen molar-refractivity contribution in [2.75, 3.05) is 23.9 Å². The molecule has 2 amide bonds. The second-order valence-electron chi connectivity index (χ2n) is 9.37. The molecule has 0 bridgehead atoms. The molecule has 9 N–H and O–H groups in total. The first-order valence-corrected chi connectivity index (χ1v) is 12.8. The zero-order valence-electron chi connectivity index (χ0n) is 22.5. The number of esters is 1. The van der Waals surface area contributed by atoms with Crippen molar-refractivity contribution < 1.29 is 34.1 Å². The fraction of sp³-hybridized carbons (Fsp3) is 0.214. The summed E-state index contributed by atoms with van der Waals surface area (Å²) in [6.45, 7) is 0. The highest BCUT2D eigenvalue weighted by atomic mass is 16.5. The normalized spacial score (nSPS) is 11.5. The van der Waals surface area contributed by atoms with Crippen molar-refractivity contribution in [3.63, 3.8) is 0 Å². The Morgan fingerprint density at radius 1 is 1.05 bits per heavy atom. The number of benzene rings is 2. The second-order valence-corrected chi connectivity index (χ2v) is 9.37. The molecule has 0 fully saturated rings. The molecule has 0 aliphatic rings. The van der Waals surface area contributed by atoms with Gasteiger partial charge in [-0.3, -0.25) is 9.59 Å². The molecule has 14 heteroatoms. The van der Waals surface area contributed by atoms with E-state index in [0.29, 0.717) is 29.9 Å². The van der Waals surface area contributed by atoms with Crippen LogP contribution in [-0.4, -0.2) is 62.1 Å². The van der Waals surface area contributed by atoms with Crippen LogP contribution in [0.5, 0.6) is 5.75 Å². The van der Waals surface area contributed by atoms with Crippen molar-refractivity contribution in [1.82, 2.24) is 20.3 Å². The first-order valence-electron chi connectivity index (χ1n) is 12.8. The van der Waals surface area contributed by atoms with E-state index in [9.17, 15) is 24.3 Å². The Kier molecular flexibility index (Phi) is 8.85. The number of methoxy groups -OCH3 is 1. The van der Waals surface area contributed by atoms with Crippen molar-refractivity contribution in [3.05, 3.63) is 70.9 Å². The number of carbonyl (C=O) groups is 4. The number of nitrogens with zero attached hydrogens (tertiary/aromatic N) is 2. The van der Waals surface area contributed by atoms with Crippen LogP contribution in [0.25, 0.3) is 11.0 Å². The minimum atomic E-state index is -1.36. The Balaban J connectivity index is 1.33. The van der Waals surface area contributed by atoms with Crippen LogP contribution in [0.1, 0.15) is 44.7 Å². The highest BCUT2D eigenvalue weighted by molar-refractivity contribution is 5.98. The third kappa shape index (κ3) is 6.91. The minimum absolute atomic E-state index is 0.0741. The van der Waals surface area contributed by atoms with Gasteiger partial charge in [-0.25, -0.2) is 9.59 Å². The molecule has 1 atom stereocenters. The number of carboxylic acid groups (broad SMARTS) is 1. The number of carbonyl (C=O) groups excluding carboxylic acids is 3. The smallest absolute Gasteiger partial charge is 0.339 e. The number of ether oxygens (including phenoxy) is 1. The highest BCUT2D eigenvalue weighted by Crippen LogP contribution is 2.24. The van der Waals surface area contributed by atoms with Crippen molar-refractivity contribution in [3.8, 4) is 5.75 Å². The van der Waals surface area contributed by atoms with E-state index in [2.05, 4.69) is 25.6 Å². The molecule has 0 aliphatic carbocycles. The number of aromatic hydroxyl groups is 1. The van der Waals surface area contributed by atoms with Gasteiger partial charge in [-0.05, 0) is 60.7 Å². The molecule has 14 nitrogen and oxygen atoms in total. The number of nitrogens with two attached hydrogens (primary N) is 2. The average Bonchev–Trinajstić information content (AvgIpc) is 3.37. The van der Waals surface area contributed by atoms with Crippen LogP contribution in [0.15, 0.2) is 48.7 Å². The SMILES string of the molecule is COC(=O)[C@H](CCC(=O)Nc1ccc(O)c(C(=O)O)c1)NC(=O)c1ccc(CCc2c[nH]c3nc(N)nc(N)c23)cc1. The Hall–Kier alpha value is -5.66. The predicted molar refractivity (Wildman–Crippen MR) is 153 cm³/mol. The molecule has 2 aromatic carbocycles. The van der Waals surface area contributed by atoms with Crippen LogP contribution in [0.4, 0.5) is 17.5 Å². The van der Waals surface area contributed by atoms with E-state index >= 15 is 0 Å². The number of nitrogen functional groups attached to an aromatic ring is 2. The number of nitrogens with one attached hydrogen (secondary N) is 3. The van der Waals surface area contributed by atoms with E-state index in [1.165, 1.54) is 13.2 Å². The van der Waals surface area contributed by atoms with Crippen LogP contribution in [0.3, 0.4) is 0 Å². The monoisotopic (exact) mass is 575 g/mol. The van der Waals surface area contributed by atoms with Gasteiger partial charge in [0.1, 0.15) is 28.8 Å². The van der Waals surface area contributed by atoms with Gasteiger partial charge >= 0.3 is 11.9 Å². The molecule has 0 aliphatic heterocycles. The van der Waals surface area contributed by atoms with Gasteiger partial charge in [0.25, 0.3) is 5.91 Å².